The van der Waals surface area contributed by atoms with Gasteiger partial charge in [-0.15, -0.1) is 0 Å². The molecule has 0 radical (unpaired) electrons. The highest BCUT2D eigenvalue weighted by Gasteiger charge is 2.19. The molecular formula is C11H17FN2O3S. The standard InChI is InChI=1S/C11H17FN2O3S/c1-8-10(12)5-9(7-13)6-11(8)18(15,16)14-3-4-17-2/h5-6,14H,3-4,7,13H2,1-2H3. The number of halogens is 1. The van der Waals surface area contributed by atoms with E-state index < -0.39 is 15.8 Å². The van der Waals surface area contributed by atoms with E-state index in [0.29, 0.717) is 5.56 Å². The zero-order chi connectivity index (χ0) is 13.8. The van der Waals surface area contributed by atoms with Gasteiger partial charge in [0.25, 0.3) is 0 Å². The van der Waals surface area contributed by atoms with Gasteiger partial charge in [-0.2, -0.15) is 0 Å². The van der Waals surface area contributed by atoms with Crippen molar-refractivity contribution in [1.82, 2.24) is 4.72 Å². The molecule has 7 heteroatoms. The van der Waals surface area contributed by atoms with E-state index in [1.807, 2.05) is 0 Å². The Balaban J connectivity index is 3.11. The molecule has 18 heavy (non-hydrogen) atoms. The molecule has 0 spiro atoms. The van der Waals surface area contributed by atoms with Gasteiger partial charge in [-0.05, 0) is 24.6 Å². The second kappa shape index (κ2) is 6.24. The summed E-state index contributed by atoms with van der Waals surface area (Å²) in [7, 11) is -2.28. The van der Waals surface area contributed by atoms with Gasteiger partial charge < -0.3 is 10.5 Å². The van der Waals surface area contributed by atoms with Crippen LogP contribution in [0.25, 0.3) is 0 Å². The number of ether oxygens (including phenoxy) is 1. The van der Waals surface area contributed by atoms with Crippen molar-refractivity contribution in [3.05, 3.63) is 29.1 Å². The van der Waals surface area contributed by atoms with Crippen LogP contribution in [0.1, 0.15) is 11.1 Å². The topological polar surface area (TPSA) is 81.4 Å². The van der Waals surface area contributed by atoms with Crippen LogP contribution in [0.5, 0.6) is 0 Å². The van der Waals surface area contributed by atoms with E-state index in [1.165, 1.54) is 26.2 Å². The van der Waals surface area contributed by atoms with Gasteiger partial charge >= 0.3 is 0 Å². The Morgan fingerprint density at radius 2 is 2.11 bits per heavy atom. The molecule has 1 rings (SSSR count). The van der Waals surface area contributed by atoms with Crippen LogP contribution in [-0.2, 0) is 21.3 Å². The number of hydrogen-bond donors (Lipinski definition) is 2. The Bertz CT molecular complexity index is 517. The Morgan fingerprint density at radius 3 is 2.67 bits per heavy atom. The largest absolute Gasteiger partial charge is 0.383 e. The third-order valence-electron chi connectivity index (χ3n) is 2.48. The van der Waals surface area contributed by atoms with E-state index in [4.69, 9.17) is 10.5 Å². The number of sulfonamides is 1. The minimum absolute atomic E-state index is 0.0807. The van der Waals surface area contributed by atoms with Gasteiger partial charge in [-0.1, -0.05) is 0 Å². The normalized spacial score (nSPS) is 11.8. The zero-order valence-corrected chi connectivity index (χ0v) is 11.2. The van der Waals surface area contributed by atoms with Crippen LogP contribution in [0.2, 0.25) is 0 Å². The van der Waals surface area contributed by atoms with Crippen LogP contribution in [0.3, 0.4) is 0 Å². The molecule has 0 bridgehead atoms. The third kappa shape index (κ3) is 3.49. The van der Waals surface area contributed by atoms with Crippen molar-refractivity contribution in [2.24, 2.45) is 5.73 Å². The highest BCUT2D eigenvalue weighted by Crippen LogP contribution is 2.20. The smallest absolute Gasteiger partial charge is 0.241 e. The first-order chi connectivity index (χ1) is 8.42. The van der Waals surface area contributed by atoms with Crippen molar-refractivity contribution >= 4 is 10.0 Å². The van der Waals surface area contributed by atoms with Gasteiger partial charge in [0, 0.05) is 25.8 Å². The first-order valence-electron chi connectivity index (χ1n) is 5.40. The summed E-state index contributed by atoms with van der Waals surface area (Å²) in [5.74, 6) is -0.579. The summed E-state index contributed by atoms with van der Waals surface area (Å²) in [6, 6.07) is 2.62. The van der Waals surface area contributed by atoms with Crippen molar-refractivity contribution in [2.75, 3.05) is 20.3 Å². The summed E-state index contributed by atoms with van der Waals surface area (Å²) >= 11 is 0. The van der Waals surface area contributed by atoms with Gasteiger partial charge in [0.15, 0.2) is 0 Å². The molecule has 3 N–H and O–H groups in total. The molecule has 1 aromatic carbocycles. The van der Waals surface area contributed by atoms with Crippen LogP contribution in [0.4, 0.5) is 4.39 Å². The molecule has 0 aliphatic rings. The monoisotopic (exact) mass is 276 g/mol. The molecule has 102 valence electrons. The fourth-order valence-electron chi connectivity index (χ4n) is 1.46. The van der Waals surface area contributed by atoms with Gasteiger partial charge in [0.2, 0.25) is 10.0 Å². The molecule has 0 aliphatic carbocycles. The Kier molecular flexibility index (Phi) is 5.21. The van der Waals surface area contributed by atoms with E-state index in [-0.39, 0.29) is 30.2 Å². The van der Waals surface area contributed by atoms with Crippen LogP contribution >= 0.6 is 0 Å². The molecule has 0 atom stereocenters. The number of rotatable bonds is 6. The summed E-state index contributed by atoms with van der Waals surface area (Å²) < 4.78 is 44.6. The van der Waals surface area contributed by atoms with Gasteiger partial charge in [-0.25, -0.2) is 17.5 Å². The number of nitrogens with one attached hydrogen (secondary N) is 1. The Hall–Kier alpha value is -1.02. The molecule has 0 amide bonds. The van der Waals surface area contributed by atoms with Crippen LogP contribution in [0, 0.1) is 12.7 Å². The van der Waals surface area contributed by atoms with Crippen molar-refractivity contribution in [2.45, 2.75) is 18.4 Å². The average molecular weight is 276 g/mol. The number of benzene rings is 1. The molecule has 1 aromatic rings. The molecule has 0 saturated heterocycles. The van der Waals surface area contributed by atoms with Gasteiger partial charge in [0.05, 0.1) is 11.5 Å². The second-order valence-electron chi connectivity index (χ2n) is 3.80. The Morgan fingerprint density at radius 1 is 1.44 bits per heavy atom. The van der Waals surface area contributed by atoms with Crippen molar-refractivity contribution in [3.63, 3.8) is 0 Å². The maximum absolute atomic E-state index is 13.6. The lowest BCUT2D eigenvalue weighted by Gasteiger charge is -2.11. The summed E-state index contributed by atoms with van der Waals surface area (Å²) in [5.41, 5.74) is 5.92. The molecule has 0 aliphatic heterocycles. The van der Waals surface area contributed by atoms with Gasteiger partial charge in [-0.3, -0.25) is 0 Å². The lowest BCUT2D eigenvalue weighted by Crippen LogP contribution is -2.28. The highest BCUT2D eigenvalue weighted by atomic mass is 32.2. The lowest BCUT2D eigenvalue weighted by molar-refractivity contribution is 0.204. The molecule has 0 aromatic heterocycles. The molecule has 5 nitrogen and oxygen atoms in total. The van der Waals surface area contributed by atoms with Crippen LogP contribution in [-0.4, -0.2) is 28.7 Å². The number of nitrogens with two attached hydrogens (primary N) is 1. The fraction of sp³-hybridized carbons (Fsp3) is 0.455. The van der Waals surface area contributed by atoms with Crippen LogP contribution < -0.4 is 10.5 Å². The Labute approximate surface area is 106 Å². The zero-order valence-electron chi connectivity index (χ0n) is 10.4. The van der Waals surface area contributed by atoms with E-state index in [1.54, 1.807) is 0 Å². The molecule has 0 saturated carbocycles. The van der Waals surface area contributed by atoms with E-state index in [0.717, 1.165) is 0 Å². The predicted molar refractivity (Wildman–Crippen MR) is 66.1 cm³/mol. The van der Waals surface area contributed by atoms with Crippen molar-refractivity contribution in [3.8, 4) is 0 Å². The summed E-state index contributed by atoms with van der Waals surface area (Å²) in [5, 5.41) is 0. The predicted octanol–water partition coefficient (Wildman–Crippen LogP) is 0.518. The second-order valence-corrected chi connectivity index (χ2v) is 5.53. The minimum Gasteiger partial charge on any atom is -0.383 e. The molecular weight excluding hydrogens is 259 g/mol. The summed E-state index contributed by atoms with van der Waals surface area (Å²) in [6.07, 6.45) is 0. The minimum atomic E-state index is -3.74. The maximum atomic E-state index is 13.6. The van der Waals surface area contributed by atoms with E-state index >= 15 is 0 Å². The van der Waals surface area contributed by atoms with Crippen LogP contribution in [0.15, 0.2) is 17.0 Å². The van der Waals surface area contributed by atoms with Crippen molar-refractivity contribution in [1.29, 1.82) is 0 Å². The number of hydrogen-bond acceptors (Lipinski definition) is 4. The first kappa shape index (κ1) is 15.0. The number of methoxy groups -OCH3 is 1. The molecule has 0 fully saturated rings. The molecule has 0 heterocycles. The maximum Gasteiger partial charge on any atom is 0.241 e. The van der Waals surface area contributed by atoms with E-state index in [9.17, 15) is 12.8 Å². The third-order valence-corrected chi connectivity index (χ3v) is 4.07. The highest BCUT2D eigenvalue weighted by molar-refractivity contribution is 7.89. The van der Waals surface area contributed by atoms with Gasteiger partial charge in [0.1, 0.15) is 5.82 Å². The molecule has 0 unspecified atom stereocenters. The first-order valence-corrected chi connectivity index (χ1v) is 6.88. The fourth-order valence-corrected chi connectivity index (χ4v) is 2.77. The lowest BCUT2D eigenvalue weighted by atomic mass is 10.1. The summed E-state index contributed by atoms with van der Waals surface area (Å²) in [6.45, 7) is 1.88. The van der Waals surface area contributed by atoms with Crippen molar-refractivity contribution < 1.29 is 17.5 Å². The average Bonchev–Trinajstić information content (AvgIpc) is 2.32. The summed E-state index contributed by atoms with van der Waals surface area (Å²) in [4.78, 5) is -0.0842. The quantitative estimate of drug-likeness (QED) is 0.742. The van der Waals surface area contributed by atoms with E-state index in [2.05, 4.69) is 4.72 Å². The SMILES string of the molecule is COCCNS(=O)(=O)c1cc(CN)cc(F)c1C.